The number of aryl methyl sites for hydroxylation is 1. The molecule has 6 heteroatoms. The first kappa shape index (κ1) is 16.1. The molecule has 1 aliphatic heterocycles. The molecule has 0 saturated heterocycles. The van der Waals surface area contributed by atoms with Gasteiger partial charge in [0.05, 0.1) is 5.92 Å². The second-order valence-electron chi connectivity index (χ2n) is 6.47. The van der Waals surface area contributed by atoms with Crippen LogP contribution in [0.4, 0.5) is 0 Å². The van der Waals surface area contributed by atoms with Gasteiger partial charge >= 0.3 is 0 Å². The van der Waals surface area contributed by atoms with Crippen LogP contribution in [0.3, 0.4) is 0 Å². The van der Waals surface area contributed by atoms with Gasteiger partial charge in [-0.15, -0.1) is 0 Å². The number of hydrogen-bond donors (Lipinski definition) is 1. The summed E-state index contributed by atoms with van der Waals surface area (Å²) in [5, 5.41) is 3.72. The Morgan fingerprint density at radius 2 is 2.14 bits per heavy atom. The number of rotatable bonds is 2. The summed E-state index contributed by atoms with van der Waals surface area (Å²) in [6.45, 7) is 10.1. The molecule has 1 aromatic rings. The van der Waals surface area contributed by atoms with Gasteiger partial charge in [0, 0.05) is 29.1 Å². The van der Waals surface area contributed by atoms with Gasteiger partial charge in [0.25, 0.3) is 5.56 Å². The van der Waals surface area contributed by atoms with Gasteiger partial charge in [0.2, 0.25) is 5.91 Å². The van der Waals surface area contributed by atoms with E-state index in [1.807, 2.05) is 34.6 Å². The molecule has 1 aromatic heterocycles. The number of carbonyl (C=O) groups excluding carboxylic acids is 1. The van der Waals surface area contributed by atoms with E-state index in [-0.39, 0.29) is 22.9 Å². The first-order valence-corrected chi connectivity index (χ1v) is 8.26. The van der Waals surface area contributed by atoms with Crippen LogP contribution in [0.25, 0.3) is 0 Å². The largest absolute Gasteiger partial charge is 0.351 e. The van der Waals surface area contributed by atoms with Gasteiger partial charge in [0.1, 0.15) is 0 Å². The van der Waals surface area contributed by atoms with Gasteiger partial charge in [-0.3, -0.25) is 14.2 Å². The summed E-state index contributed by atoms with van der Waals surface area (Å²) in [7, 11) is 0. The summed E-state index contributed by atoms with van der Waals surface area (Å²) in [6.07, 6.45) is 0.668. The summed E-state index contributed by atoms with van der Waals surface area (Å²) in [4.78, 5) is 29.3. The Kier molecular flexibility index (Phi) is 4.46. The zero-order valence-corrected chi connectivity index (χ0v) is 14.1. The van der Waals surface area contributed by atoms with Crippen LogP contribution in [0, 0.1) is 12.8 Å². The Balaban J connectivity index is 2.28. The van der Waals surface area contributed by atoms with Crippen LogP contribution >= 0.6 is 11.8 Å². The number of fused-ring (bicyclic) bond motifs is 1. The van der Waals surface area contributed by atoms with Crippen LogP contribution in [-0.2, 0) is 17.8 Å². The first-order valence-electron chi connectivity index (χ1n) is 7.28. The number of carbonyl (C=O) groups is 1. The van der Waals surface area contributed by atoms with Crippen LogP contribution in [0.2, 0.25) is 0 Å². The molecule has 116 valence electrons. The minimum absolute atomic E-state index is 0.000702. The van der Waals surface area contributed by atoms with Crippen molar-refractivity contribution in [1.82, 2.24) is 14.9 Å². The van der Waals surface area contributed by atoms with Gasteiger partial charge in [-0.2, -0.15) is 0 Å². The van der Waals surface area contributed by atoms with Crippen LogP contribution in [0.5, 0.6) is 0 Å². The summed E-state index contributed by atoms with van der Waals surface area (Å²) >= 11 is 1.49. The zero-order chi connectivity index (χ0) is 15.8. The van der Waals surface area contributed by atoms with Crippen molar-refractivity contribution in [2.24, 2.45) is 5.92 Å². The van der Waals surface area contributed by atoms with Crippen molar-refractivity contribution < 1.29 is 4.79 Å². The summed E-state index contributed by atoms with van der Waals surface area (Å²) < 4.78 is 1.66. The highest BCUT2D eigenvalue weighted by molar-refractivity contribution is 7.99. The normalized spacial score (nSPS) is 18.2. The number of aromatic nitrogens is 2. The SMILES string of the molecule is CCc1c(C)nc2n(c1=O)CC(C(=O)NC(C)(C)C)CS2. The van der Waals surface area contributed by atoms with Crippen molar-refractivity contribution in [2.45, 2.75) is 58.3 Å². The van der Waals surface area contributed by atoms with E-state index in [4.69, 9.17) is 0 Å². The maximum Gasteiger partial charge on any atom is 0.257 e. The fourth-order valence-corrected chi connectivity index (χ4v) is 3.55. The summed E-state index contributed by atoms with van der Waals surface area (Å²) in [5.41, 5.74) is 1.29. The molecule has 1 N–H and O–H groups in total. The summed E-state index contributed by atoms with van der Waals surface area (Å²) in [5.74, 6) is 0.485. The number of thioether (sulfide) groups is 1. The predicted molar refractivity (Wildman–Crippen MR) is 84.7 cm³/mol. The van der Waals surface area contributed by atoms with Crippen molar-refractivity contribution in [3.8, 4) is 0 Å². The molecule has 1 aliphatic rings. The van der Waals surface area contributed by atoms with Gasteiger partial charge in [-0.1, -0.05) is 18.7 Å². The molecule has 0 aromatic carbocycles. The molecule has 5 nitrogen and oxygen atoms in total. The molecule has 1 atom stereocenters. The molecular weight excluding hydrogens is 286 g/mol. The average Bonchev–Trinajstić information content (AvgIpc) is 2.36. The van der Waals surface area contributed by atoms with Crippen molar-refractivity contribution in [1.29, 1.82) is 0 Å². The van der Waals surface area contributed by atoms with Gasteiger partial charge in [0.15, 0.2) is 5.16 Å². The second-order valence-corrected chi connectivity index (χ2v) is 7.46. The van der Waals surface area contributed by atoms with Gasteiger partial charge in [-0.05, 0) is 34.1 Å². The molecule has 0 bridgehead atoms. The Hall–Kier alpha value is -1.30. The van der Waals surface area contributed by atoms with E-state index < -0.39 is 0 Å². The van der Waals surface area contributed by atoms with E-state index in [0.717, 1.165) is 16.4 Å². The lowest BCUT2D eigenvalue weighted by Gasteiger charge is -2.28. The van der Waals surface area contributed by atoms with Gasteiger partial charge in [-0.25, -0.2) is 4.98 Å². The number of amides is 1. The summed E-state index contributed by atoms with van der Waals surface area (Å²) in [6, 6.07) is 0. The molecule has 0 radical (unpaired) electrons. The second kappa shape index (κ2) is 5.83. The third-order valence-corrected chi connectivity index (χ3v) is 4.61. The van der Waals surface area contributed by atoms with Crippen LogP contribution in [-0.4, -0.2) is 26.8 Å². The van der Waals surface area contributed by atoms with Gasteiger partial charge < -0.3 is 5.32 Å². The third kappa shape index (κ3) is 3.48. The highest BCUT2D eigenvalue weighted by Gasteiger charge is 2.29. The van der Waals surface area contributed by atoms with E-state index in [9.17, 15) is 9.59 Å². The average molecular weight is 309 g/mol. The number of nitrogens with one attached hydrogen (secondary N) is 1. The third-order valence-electron chi connectivity index (χ3n) is 3.47. The molecule has 2 rings (SSSR count). The Bertz CT molecular complexity index is 617. The molecule has 0 spiro atoms. The topological polar surface area (TPSA) is 64.0 Å². The van der Waals surface area contributed by atoms with E-state index in [1.54, 1.807) is 4.57 Å². The van der Waals surface area contributed by atoms with Crippen molar-refractivity contribution in [3.63, 3.8) is 0 Å². The predicted octanol–water partition coefficient (Wildman–Crippen LogP) is 1.75. The monoisotopic (exact) mass is 309 g/mol. The molecule has 1 unspecified atom stereocenters. The van der Waals surface area contributed by atoms with Crippen molar-refractivity contribution >= 4 is 17.7 Å². The van der Waals surface area contributed by atoms with E-state index >= 15 is 0 Å². The fourth-order valence-electron chi connectivity index (χ4n) is 2.43. The van der Waals surface area contributed by atoms with E-state index in [0.29, 0.717) is 18.7 Å². The molecule has 0 fully saturated rings. The van der Waals surface area contributed by atoms with Crippen LogP contribution in [0.1, 0.15) is 39.0 Å². The quantitative estimate of drug-likeness (QED) is 0.845. The molecule has 21 heavy (non-hydrogen) atoms. The highest BCUT2D eigenvalue weighted by atomic mass is 32.2. The Morgan fingerprint density at radius 1 is 1.48 bits per heavy atom. The Labute approximate surface area is 129 Å². The lowest BCUT2D eigenvalue weighted by molar-refractivity contribution is -0.126. The minimum atomic E-state index is -0.257. The number of nitrogens with zero attached hydrogens (tertiary/aromatic N) is 2. The van der Waals surface area contributed by atoms with Crippen LogP contribution < -0.4 is 10.9 Å². The lowest BCUT2D eigenvalue weighted by Crippen LogP contribution is -2.47. The molecule has 1 amide bonds. The molecule has 2 heterocycles. The van der Waals surface area contributed by atoms with E-state index in [1.165, 1.54) is 11.8 Å². The minimum Gasteiger partial charge on any atom is -0.351 e. The maximum atomic E-state index is 12.5. The first-order chi connectivity index (χ1) is 9.73. The Morgan fingerprint density at radius 3 is 2.71 bits per heavy atom. The van der Waals surface area contributed by atoms with Crippen molar-refractivity contribution in [2.75, 3.05) is 5.75 Å². The van der Waals surface area contributed by atoms with Crippen molar-refractivity contribution in [3.05, 3.63) is 21.6 Å². The molecular formula is C15H23N3O2S. The standard InChI is InChI=1S/C15H23N3O2S/c1-6-11-9(2)16-14-18(13(11)20)7-10(8-21-14)12(19)17-15(3,4)5/h10H,6-8H2,1-5H3,(H,17,19). The molecule has 0 saturated carbocycles. The zero-order valence-electron chi connectivity index (χ0n) is 13.3. The smallest absolute Gasteiger partial charge is 0.257 e. The lowest BCUT2D eigenvalue weighted by atomic mass is 10.1. The number of hydrogen-bond acceptors (Lipinski definition) is 4. The van der Waals surface area contributed by atoms with E-state index in [2.05, 4.69) is 10.3 Å². The fraction of sp³-hybridized carbons (Fsp3) is 0.667. The maximum absolute atomic E-state index is 12.5. The van der Waals surface area contributed by atoms with Crippen LogP contribution in [0.15, 0.2) is 9.95 Å². The highest BCUT2D eigenvalue weighted by Crippen LogP contribution is 2.26. The molecule has 0 aliphatic carbocycles.